The molecular weight excluding hydrogens is 558 g/mol. The molecule has 2 atom stereocenters. The topological polar surface area (TPSA) is 86.8 Å². The van der Waals surface area contributed by atoms with Gasteiger partial charge in [-0.2, -0.15) is 0 Å². The maximum Gasteiger partial charge on any atom is 0.264 e. The molecule has 0 aliphatic carbocycles. The zero-order valence-electron chi connectivity index (χ0n) is 24.6. The lowest BCUT2D eigenvalue weighted by Gasteiger charge is -2.34. The van der Waals surface area contributed by atoms with Crippen LogP contribution in [0.2, 0.25) is 5.02 Å². The highest BCUT2D eigenvalue weighted by Gasteiger charge is 2.34. The maximum atomic E-state index is 14.2. The minimum Gasteiger partial charge on any atom is -0.352 e. The lowest BCUT2D eigenvalue weighted by molar-refractivity contribution is -0.140. The molecule has 2 amide bonds. The summed E-state index contributed by atoms with van der Waals surface area (Å²) >= 11 is 6.41. The number of halogens is 1. The van der Waals surface area contributed by atoms with Crippen molar-refractivity contribution < 1.29 is 18.0 Å². The Labute approximate surface area is 249 Å². The molecule has 3 aromatic carbocycles. The number of amides is 2. The number of nitrogens with zero attached hydrogens (tertiary/aromatic N) is 2. The monoisotopic (exact) mass is 597 g/mol. The van der Waals surface area contributed by atoms with Crippen LogP contribution < -0.4 is 9.62 Å². The lowest BCUT2D eigenvalue weighted by Crippen LogP contribution is -2.53. The zero-order valence-corrected chi connectivity index (χ0v) is 26.2. The molecular formula is C32H40ClN3O4S. The van der Waals surface area contributed by atoms with E-state index in [2.05, 4.69) is 5.32 Å². The molecule has 2 unspecified atom stereocenters. The van der Waals surface area contributed by atoms with Crippen molar-refractivity contribution >= 4 is 39.1 Å². The van der Waals surface area contributed by atoms with Gasteiger partial charge in [0.1, 0.15) is 12.6 Å². The predicted octanol–water partition coefficient (Wildman–Crippen LogP) is 6.18. The van der Waals surface area contributed by atoms with Crippen molar-refractivity contribution in [2.75, 3.05) is 10.8 Å². The summed E-state index contributed by atoms with van der Waals surface area (Å²) < 4.78 is 29.2. The van der Waals surface area contributed by atoms with Gasteiger partial charge in [0.25, 0.3) is 10.0 Å². The second-order valence-corrected chi connectivity index (χ2v) is 12.7. The van der Waals surface area contributed by atoms with E-state index in [1.807, 2.05) is 58.9 Å². The van der Waals surface area contributed by atoms with Gasteiger partial charge < -0.3 is 10.2 Å². The summed E-state index contributed by atoms with van der Waals surface area (Å²) in [5, 5.41) is 3.38. The van der Waals surface area contributed by atoms with Crippen molar-refractivity contribution in [2.24, 2.45) is 0 Å². The second kappa shape index (κ2) is 14.0. The number of benzene rings is 3. The summed E-state index contributed by atoms with van der Waals surface area (Å²) in [6.45, 7) is 10.9. The zero-order chi connectivity index (χ0) is 30.3. The van der Waals surface area contributed by atoms with Gasteiger partial charge in [0.05, 0.1) is 10.6 Å². The molecule has 0 aliphatic rings. The fourth-order valence-electron chi connectivity index (χ4n) is 4.55. The van der Waals surface area contributed by atoms with E-state index in [0.29, 0.717) is 22.7 Å². The molecule has 0 aromatic heterocycles. The highest BCUT2D eigenvalue weighted by atomic mass is 35.5. The molecule has 7 nitrogen and oxygen atoms in total. The molecule has 0 saturated heterocycles. The molecule has 0 spiro atoms. The third kappa shape index (κ3) is 7.68. The molecule has 3 rings (SSSR count). The summed E-state index contributed by atoms with van der Waals surface area (Å²) in [6, 6.07) is 18.3. The van der Waals surface area contributed by atoms with Crippen LogP contribution in [0.1, 0.15) is 55.9 Å². The molecule has 220 valence electrons. The summed E-state index contributed by atoms with van der Waals surface area (Å²) in [7, 11) is -4.17. The number of sulfonamides is 1. The Kier molecular flexibility index (Phi) is 11.0. The van der Waals surface area contributed by atoms with Crippen LogP contribution in [-0.4, -0.2) is 43.8 Å². The molecule has 0 bridgehead atoms. The summed E-state index contributed by atoms with van der Waals surface area (Å²) in [6.07, 6.45) is 1.10. The summed E-state index contributed by atoms with van der Waals surface area (Å²) in [4.78, 5) is 29.2. The first-order valence-corrected chi connectivity index (χ1v) is 15.7. The van der Waals surface area contributed by atoms with Crippen molar-refractivity contribution in [1.29, 1.82) is 0 Å². The van der Waals surface area contributed by atoms with Crippen LogP contribution >= 0.6 is 11.6 Å². The van der Waals surface area contributed by atoms with Gasteiger partial charge in [0, 0.05) is 17.6 Å². The minimum absolute atomic E-state index is 0.0577. The van der Waals surface area contributed by atoms with Gasteiger partial charge in [0.2, 0.25) is 11.8 Å². The fraction of sp³-hybridized carbons (Fsp3) is 0.375. The minimum atomic E-state index is -4.17. The van der Waals surface area contributed by atoms with Gasteiger partial charge >= 0.3 is 0 Å². The van der Waals surface area contributed by atoms with E-state index in [0.717, 1.165) is 27.4 Å². The molecule has 0 aliphatic heterocycles. The summed E-state index contributed by atoms with van der Waals surface area (Å²) in [5.74, 6) is -0.759. The van der Waals surface area contributed by atoms with E-state index in [1.54, 1.807) is 37.3 Å². The fourth-order valence-corrected chi connectivity index (χ4v) is 6.19. The Morgan fingerprint density at radius 3 is 2.17 bits per heavy atom. The van der Waals surface area contributed by atoms with Gasteiger partial charge in [-0.15, -0.1) is 0 Å². The van der Waals surface area contributed by atoms with Gasteiger partial charge in [-0.05, 0) is 81.5 Å². The van der Waals surface area contributed by atoms with Crippen LogP contribution in [-0.2, 0) is 26.2 Å². The van der Waals surface area contributed by atoms with Crippen LogP contribution in [0.4, 0.5) is 5.69 Å². The third-order valence-corrected chi connectivity index (χ3v) is 9.57. The van der Waals surface area contributed by atoms with E-state index in [9.17, 15) is 18.0 Å². The number of carbonyl (C=O) groups is 2. The van der Waals surface area contributed by atoms with E-state index < -0.39 is 28.5 Å². The van der Waals surface area contributed by atoms with Crippen LogP contribution in [0.3, 0.4) is 0 Å². The number of anilines is 1. The number of hydrogen-bond donors (Lipinski definition) is 1. The molecule has 3 aromatic rings. The SMILES string of the molecule is CCC(C)NC(=O)C(CC)N(Cc1ccccc1C)C(=O)CN(c1cccc(Cl)c1C)S(=O)(=O)c1ccc(C)cc1. The number of hydrogen-bond acceptors (Lipinski definition) is 4. The van der Waals surface area contributed by atoms with Gasteiger partial charge in [-0.3, -0.25) is 13.9 Å². The number of nitrogens with one attached hydrogen (secondary N) is 1. The average molecular weight is 598 g/mol. The number of rotatable bonds is 12. The number of carbonyl (C=O) groups excluding carboxylic acids is 2. The van der Waals surface area contributed by atoms with Crippen molar-refractivity contribution in [3.8, 4) is 0 Å². The van der Waals surface area contributed by atoms with E-state index in [-0.39, 0.29) is 23.4 Å². The standard InChI is InChI=1S/C32H40ClN3O4S/c1-7-24(5)34-32(38)29(8-2)35(20-26-13-10-9-12-23(26)4)31(37)21-36(30-15-11-14-28(33)25(30)6)41(39,40)27-18-16-22(3)17-19-27/h9-19,24,29H,7-8,20-21H2,1-6H3,(H,34,38). The first kappa shape index (κ1) is 32.2. The average Bonchev–Trinajstić information content (AvgIpc) is 2.94. The van der Waals surface area contributed by atoms with Crippen LogP contribution in [0.15, 0.2) is 71.6 Å². The molecule has 41 heavy (non-hydrogen) atoms. The van der Waals surface area contributed by atoms with Gasteiger partial charge in [-0.1, -0.05) is 73.5 Å². The third-order valence-electron chi connectivity index (χ3n) is 7.38. The molecule has 0 heterocycles. The Hall–Kier alpha value is -3.36. The van der Waals surface area contributed by atoms with Crippen LogP contribution in [0.25, 0.3) is 0 Å². The first-order chi connectivity index (χ1) is 19.4. The molecule has 0 fully saturated rings. The van der Waals surface area contributed by atoms with E-state index >= 15 is 0 Å². The molecule has 9 heteroatoms. The van der Waals surface area contributed by atoms with Crippen molar-refractivity contribution in [2.45, 2.75) is 77.9 Å². The normalized spacial score (nSPS) is 12.9. The van der Waals surface area contributed by atoms with Crippen molar-refractivity contribution in [1.82, 2.24) is 10.2 Å². The van der Waals surface area contributed by atoms with Crippen LogP contribution in [0.5, 0.6) is 0 Å². The van der Waals surface area contributed by atoms with Gasteiger partial charge in [0.15, 0.2) is 0 Å². The molecule has 0 radical (unpaired) electrons. The second-order valence-electron chi connectivity index (χ2n) is 10.4. The summed E-state index contributed by atoms with van der Waals surface area (Å²) in [5.41, 5.74) is 3.59. The smallest absolute Gasteiger partial charge is 0.264 e. The quantitative estimate of drug-likeness (QED) is 0.270. The molecule has 0 saturated carbocycles. The Balaban J connectivity index is 2.11. The van der Waals surface area contributed by atoms with Crippen LogP contribution in [0, 0.1) is 20.8 Å². The van der Waals surface area contributed by atoms with Crippen molar-refractivity contribution in [3.63, 3.8) is 0 Å². The Bertz CT molecular complexity index is 1470. The predicted molar refractivity (Wildman–Crippen MR) is 166 cm³/mol. The van der Waals surface area contributed by atoms with Crippen molar-refractivity contribution in [3.05, 3.63) is 94.0 Å². The van der Waals surface area contributed by atoms with E-state index in [1.165, 1.54) is 17.0 Å². The largest absolute Gasteiger partial charge is 0.352 e. The Morgan fingerprint density at radius 2 is 1.56 bits per heavy atom. The Morgan fingerprint density at radius 1 is 0.902 bits per heavy atom. The van der Waals surface area contributed by atoms with Gasteiger partial charge in [-0.25, -0.2) is 8.42 Å². The highest BCUT2D eigenvalue weighted by molar-refractivity contribution is 7.92. The molecule has 1 N–H and O–H groups in total. The maximum absolute atomic E-state index is 14.2. The number of aryl methyl sites for hydroxylation is 2. The van der Waals surface area contributed by atoms with E-state index in [4.69, 9.17) is 11.6 Å². The first-order valence-electron chi connectivity index (χ1n) is 13.9. The lowest BCUT2D eigenvalue weighted by atomic mass is 10.1. The highest BCUT2D eigenvalue weighted by Crippen LogP contribution is 2.31.